The summed E-state index contributed by atoms with van der Waals surface area (Å²) in [6, 6.07) is 15.1. The Hall–Kier alpha value is -4.76. The minimum atomic E-state index is -0.445. The average Bonchev–Trinajstić information content (AvgIpc) is 3.00. The second kappa shape index (κ2) is 7.98. The number of rotatable bonds is 3. The fourth-order valence-electron chi connectivity index (χ4n) is 4.67. The average molecular weight is 454 g/mol. The lowest BCUT2D eigenvalue weighted by Gasteiger charge is -2.38. The number of nitrogens with zero attached hydrogens (tertiary/aromatic N) is 4. The van der Waals surface area contributed by atoms with Crippen LogP contribution in [0, 0.1) is 32.8 Å². The number of hydrogen-bond donors (Lipinski definition) is 0. The Morgan fingerprint density at radius 3 is 2.38 bits per heavy atom. The van der Waals surface area contributed by atoms with Crippen molar-refractivity contribution in [3.63, 3.8) is 0 Å². The van der Waals surface area contributed by atoms with Gasteiger partial charge >= 0.3 is 0 Å². The van der Waals surface area contributed by atoms with Gasteiger partial charge in [-0.15, -0.1) is 0 Å². The van der Waals surface area contributed by atoms with E-state index in [2.05, 4.69) is 11.0 Å². The van der Waals surface area contributed by atoms with Crippen molar-refractivity contribution in [1.82, 2.24) is 0 Å². The van der Waals surface area contributed by atoms with Crippen LogP contribution in [0.1, 0.15) is 33.9 Å². The number of nitro benzene ring substituents is 1. The van der Waals surface area contributed by atoms with Gasteiger partial charge in [0.1, 0.15) is 17.9 Å². The molecule has 2 aliphatic rings. The van der Waals surface area contributed by atoms with E-state index in [4.69, 9.17) is 14.2 Å². The zero-order valence-electron chi connectivity index (χ0n) is 18.4. The second-order valence-electron chi connectivity index (χ2n) is 7.92. The molecule has 0 fully saturated rings. The number of ether oxygens (including phenoxy) is 3. The highest BCUT2D eigenvalue weighted by Gasteiger charge is 2.37. The number of methoxy groups -OCH3 is 2. The summed E-state index contributed by atoms with van der Waals surface area (Å²) in [6.45, 7) is 0.558. The summed E-state index contributed by atoms with van der Waals surface area (Å²) < 4.78 is 17.2. The van der Waals surface area contributed by atoms with Crippen LogP contribution in [0.2, 0.25) is 0 Å². The number of benzene rings is 3. The smallest absolute Gasteiger partial charge is 0.270 e. The van der Waals surface area contributed by atoms with Gasteiger partial charge in [0.15, 0.2) is 17.2 Å². The third kappa shape index (κ3) is 3.14. The molecular weight excluding hydrogens is 436 g/mol. The standard InChI is InChI=1S/C25H18N4O5/c1-32-23-8-14-5-6-28-20-7-15(12-26)16(13-27)9-22(20)34-21-4-3-17(29(30)31)10-19(21)25(28)18(14)11-24(23)33-2/h3-4,7-11,25H,5-6H2,1-2H3/t25-/m1/s1. The molecule has 3 aromatic carbocycles. The van der Waals surface area contributed by atoms with Gasteiger partial charge in [0, 0.05) is 30.3 Å². The van der Waals surface area contributed by atoms with Gasteiger partial charge in [0.25, 0.3) is 5.69 Å². The van der Waals surface area contributed by atoms with Crippen LogP contribution < -0.4 is 19.1 Å². The lowest BCUT2D eigenvalue weighted by atomic mass is 9.86. The molecule has 2 aliphatic heterocycles. The molecule has 9 heteroatoms. The Morgan fingerprint density at radius 1 is 1.00 bits per heavy atom. The van der Waals surface area contributed by atoms with E-state index in [0.717, 1.165) is 11.1 Å². The molecule has 0 spiro atoms. The van der Waals surface area contributed by atoms with Gasteiger partial charge in [-0.1, -0.05) is 0 Å². The summed E-state index contributed by atoms with van der Waals surface area (Å²) in [7, 11) is 3.13. The van der Waals surface area contributed by atoms with Crippen LogP contribution in [-0.2, 0) is 6.42 Å². The molecule has 9 nitrogen and oxygen atoms in total. The highest BCUT2D eigenvalue weighted by atomic mass is 16.6. The van der Waals surface area contributed by atoms with Crippen LogP contribution in [0.4, 0.5) is 11.4 Å². The van der Waals surface area contributed by atoms with Crippen molar-refractivity contribution < 1.29 is 19.1 Å². The maximum atomic E-state index is 11.6. The molecule has 0 aromatic heterocycles. The molecule has 0 aliphatic carbocycles. The molecule has 0 bridgehead atoms. The fourth-order valence-corrected chi connectivity index (χ4v) is 4.67. The van der Waals surface area contributed by atoms with Gasteiger partial charge in [0.05, 0.1) is 42.0 Å². The van der Waals surface area contributed by atoms with Crippen LogP contribution in [0.3, 0.4) is 0 Å². The Labute approximate surface area is 195 Å². The summed E-state index contributed by atoms with van der Waals surface area (Å²) >= 11 is 0. The summed E-state index contributed by atoms with van der Waals surface area (Å²) in [6.07, 6.45) is 0.664. The van der Waals surface area contributed by atoms with Gasteiger partial charge in [-0.2, -0.15) is 10.5 Å². The Bertz CT molecular complexity index is 1440. The largest absolute Gasteiger partial charge is 0.493 e. The molecule has 0 saturated heterocycles. The second-order valence-corrected chi connectivity index (χ2v) is 7.92. The zero-order valence-corrected chi connectivity index (χ0v) is 18.4. The first-order chi connectivity index (χ1) is 16.5. The monoisotopic (exact) mass is 454 g/mol. The van der Waals surface area contributed by atoms with E-state index >= 15 is 0 Å². The molecule has 1 atom stereocenters. The van der Waals surface area contributed by atoms with Crippen LogP contribution in [0.15, 0.2) is 42.5 Å². The number of hydrogen-bond acceptors (Lipinski definition) is 8. The first kappa shape index (κ1) is 21.1. The Balaban J connectivity index is 1.82. The molecule has 0 saturated carbocycles. The lowest BCUT2D eigenvalue weighted by molar-refractivity contribution is -0.384. The third-order valence-electron chi connectivity index (χ3n) is 6.24. The van der Waals surface area contributed by atoms with Crippen molar-refractivity contribution in [3.05, 3.63) is 80.4 Å². The summed E-state index contributed by atoms with van der Waals surface area (Å²) in [4.78, 5) is 13.2. The lowest BCUT2D eigenvalue weighted by Crippen LogP contribution is -2.35. The van der Waals surface area contributed by atoms with Crippen LogP contribution >= 0.6 is 0 Å². The fraction of sp³-hybridized carbons (Fsp3) is 0.200. The molecule has 0 unspecified atom stereocenters. The topological polar surface area (TPSA) is 122 Å². The Kier molecular flexibility index (Phi) is 4.95. The van der Waals surface area contributed by atoms with Gasteiger partial charge in [-0.3, -0.25) is 10.1 Å². The van der Waals surface area contributed by atoms with E-state index < -0.39 is 11.0 Å². The summed E-state index contributed by atoms with van der Waals surface area (Å²) in [5.41, 5.74) is 3.54. The van der Waals surface area contributed by atoms with E-state index in [0.29, 0.717) is 47.2 Å². The minimum Gasteiger partial charge on any atom is -0.493 e. The molecule has 5 rings (SSSR count). The van der Waals surface area contributed by atoms with Crippen LogP contribution in [0.25, 0.3) is 0 Å². The number of anilines is 1. The predicted molar refractivity (Wildman–Crippen MR) is 121 cm³/mol. The maximum Gasteiger partial charge on any atom is 0.270 e. The first-order valence-corrected chi connectivity index (χ1v) is 10.4. The van der Waals surface area contributed by atoms with E-state index in [1.165, 1.54) is 12.1 Å². The van der Waals surface area contributed by atoms with Gasteiger partial charge in [0.2, 0.25) is 0 Å². The van der Waals surface area contributed by atoms with Crippen molar-refractivity contribution in [2.45, 2.75) is 12.5 Å². The van der Waals surface area contributed by atoms with E-state index in [1.54, 1.807) is 32.4 Å². The summed E-state index contributed by atoms with van der Waals surface area (Å²) in [5.74, 6) is 2.00. The molecular formula is C25H18N4O5. The molecule has 34 heavy (non-hydrogen) atoms. The third-order valence-corrected chi connectivity index (χ3v) is 6.24. The van der Waals surface area contributed by atoms with E-state index in [-0.39, 0.29) is 16.8 Å². The highest BCUT2D eigenvalue weighted by Crippen LogP contribution is 2.51. The van der Waals surface area contributed by atoms with Crippen molar-refractivity contribution >= 4 is 11.4 Å². The zero-order chi connectivity index (χ0) is 24.0. The van der Waals surface area contributed by atoms with E-state index in [9.17, 15) is 20.6 Å². The molecule has 0 radical (unpaired) electrons. The minimum absolute atomic E-state index is 0.0590. The maximum absolute atomic E-state index is 11.6. The van der Waals surface area contributed by atoms with Crippen LogP contribution in [-0.4, -0.2) is 25.7 Å². The molecule has 0 N–H and O–H groups in total. The van der Waals surface area contributed by atoms with Gasteiger partial charge in [-0.05, 0) is 41.8 Å². The number of fused-ring (bicyclic) bond motifs is 7. The van der Waals surface area contributed by atoms with Crippen molar-refractivity contribution in [3.8, 4) is 35.1 Å². The number of nitriles is 2. The summed E-state index contributed by atoms with van der Waals surface area (Å²) in [5, 5.41) is 30.7. The SMILES string of the molecule is COc1cc2c(cc1OC)[C@@H]1c3cc([N+](=O)[O-])ccc3Oc3cc(C#N)c(C#N)cc3N1CC2. The first-order valence-electron chi connectivity index (χ1n) is 10.4. The molecule has 2 heterocycles. The molecule has 0 amide bonds. The number of non-ortho nitro benzene ring substituents is 1. The van der Waals surface area contributed by atoms with Crippen molar-refractivity contribution in [1.29, 1.82) is 10.5 Å². The molecule has 168 valence electrons. The normalized spacial score (nSPS) is 15.2. The predicted octanol–water partition coefficient (Wildman–Crippen LogP) is 4.61. The van der Waals surface area contributed by atoms with Crippen molar-refractivity contribution in [2.24, 2.45) is 0 Å². The Morgan fingerprint density at radius 2 is 1.71 bits per heavy atom. The van der Waals surface area contributed by atoms with E-state index in [1.807, 2.05) is 18.2 Å². The van der Waals surface area contributed by atoms with Crippen LogP contribution in [0.5, 0.6) is 23.0 Å². The quantitative estimate of drug-likeness (QED) is 0.415. The van der Waals surface area contributed by atoms with Gasteiger partial charge < -0.3 is 19.1 Å². The highest BCUT2D eigenvalue weighted by molar-refractivity contribution is 5.73. The van der Waals surface area contributed by atoms with Crippen molar-refractivity contribution in [2.75, 3.05) is 25.7 Å². The van der Waals surface area contributed by atoms with Gasteiger partial charge in [-0.25, -0.2) is 0 Å². The molecule has 3 aromatic rings. The number of nitro groups is 1.